The lowest BCUT2D eigenvalue weighted by Crippen LogP contribution is -2.12. The molecule has 0 bridgehead atoms. The standard InChI is InChI=1S/C24H26N2O3/c1-27-22-12-11-18(13-23(22)29-20-9-5-6-10-20)19(15-25)14-24-26-21(16-28-24)17-7-3-2-4-8-17/h2-4,7-8,11-13,19-21H,5-6,9-10,14,16H2,1H3/t19-,21-/m0/s1. The maximum absolute atomic E-state index is 9.79. The molecule has 0 radical (unpaired) electrons. The van der Waals surface area contributed by atoms with Crippen molar-refractivity contribution in [3.63, 3.8) is 0 Å². The third-order valence-corrected chi connectivity index (χ3v) is 5.61. The van der Waals surface area contributed by atoms with Crippen molar-refractivity contribution in [1.82, 2.24) is 0 Å². The molecule has 29 heavy (non-hydrogen) atoms. The van der Waals surface area contributed by atoms with Gasteiger partial charge in [0.1, 0.15) is 12.6 Å². The fraction of sp³-hybridized carbons (Fsp3) is 0.417. The van der Waals surface area contributed by atoms with Crippen molar-refractivity contribution in [1.29, 1.82) is 5.26 Å². The quantitative estimate of drug-likeness (QED) is 0.653. The largest absolute Gasteiger partial charge is 0.493 e. The van der Waals surface area contributed by atoms with Gasteiger partial charge in [-0.1, -0.05) is 36.4 Å². The summed E-state index contributed by atoms with van der Waals surface area (Å²) in [6.07, 6.45) is 5.23. The van der Waals surface area contributed by atoms with E-state index in [4.69, 9.17) is 19.2 Å². The Morgan fingerprint density at radius 2 is 1.93 bits per heavy atom. The highest BCUT2D eigenvalue weighted by molar-refractivity contribution is 5.79. The number of aliphatic imine (C=N–C) groups is 1. The summed E-state index contributed by atoms with van der Waals surface area (Å²) >= 11 is 0. The third kappa shape index (κ3) is 4.54. The van der Waals surface area contributed by atoms with E-state index in [1.807, 2.05) is 36.4 Å². The summed E-state index contributed by atoms with van der Waals surface area (Å²) in [5.74, 6) is 1.71. The number of hydrogen-bond acceptors (Lipinski definition) is 5. The van der Waals surface area contributed by atoms with Crippen molar-refractivity contribution >= 4 is 5.90 Å². The molecule has 5 nitrogen and oxygen atoms in total. The van der Waals surface area contributed by atoms with E-state index in [-0.39, 0.29) is 18.1 Å². The molecule has 4 rings (SSSR count). The predicted octanol–water partition coefficient (Wildman–Crippen LogP) is 5.18. The van der Waals surface area contributed by atoms with Crippen LogP contribution in [-0.4, -0.2) is 25.7 Å². The van der Waals surface area contributed by atoms with Crippen molar-refractivity contribution in [2.75, 3.05) is 13.7 Å². The molecule has 150 valence electrons. The van der Waals surface area contributed by atoms with Crippen molar-refractivity contribution in [3.8, 4) is 17.6 Å². The predicted molar refractivity (Wildman–Crippen MR) is 111 cm³/mol. The fourth-order valence-electron chi connectivity index (χ4n) is 3.98. The van der Waals surface area contributed by atoms with Gasteiger partial charge in [0.05, 0.1) is 25.2 Å². The zero-order valence-electron chi connectivity index (χ0n) is 16.7. The third-order valence-electron chi connectivity index (χ3n) is 5.61. The Kier molecular flexibility index (Phi) is 6.00. The monoisotopic (exact) mass is 390 g/mol. The van der Waals surface area contributed by atoms with Crippen LogP contribution in [0, 0.1) is 11.3 Å². The van der Waals surface area contributed by atoms with E-state index >= 15 is 0 Å². The first-order chi connectivity index (χ1) is 14.3. The van der Waals surface area contributed by atoms with E-state index in [9.17, 15) is 5.26 Å². The van der Waals surface area contributed by atoms with Gasteiger partial charge >= 0.3 is 0 Å². The van der Waals surface area contributed by atoms with Gasteiger partial charge < -0.3 is 14.2 Å². The molecule has 0 N–H and O–H groups in total. The molecule has 0 aromatic heterocycles. The smallest absolute Gasteiger partial charge is 0.185 e. The van der Waals surface area contributed by atoms with E-state index < -0.39 is 0 Å². The van der Waals surface area contributed by atoms with Gasteiger partial charge in [0, 0.05) is 6.42 Å². The number of nitriles is 1. The SMILES string of the molecule is COc1ccc([C@H](C#N)CC2=N[C@H](c3ccccc3)CO2)cc1OC1CCCC1. The number of hydrogen-bond donors (Lipinski definition) is 0. The summed E-state index contributed by atoms with van der Waals surface area (Å²) in [7, 11) is 1.64. The summed E-state index contributed by atoms with van der Waals surface area (Å²) in [4.78, 5) is 4.70. The Bertz CT molecular complexity index is 898. The average molecular weight is 390 g/mol. The Morgan fingerprint density at radius 1 is 1.14 bits per heavy atom. The van der Waals surface area contributed by atoms with Gasteiger partial charge in [0.2, 0.25) is 0 Å². The number of ether oxygens (including phenoxy) is 3. The van der Waals surface area contributed by atoms with Crippen LogP contribution in [0.25, 0.3) is 0 Å². The van der Waals surface area contributed by atoms with E-state index in [1.165, 1.54) is 12.8 Å². The molecule has 1 heterocycles. The van der Waals surface area contributed by atoms with Crippen LogP contribution >= 0.6 is 0 Å². The summed E-state index contributed by atoms with van der Waals surface area (Å²) in [6, 6.07) is 18.3. The first kappa shape index (κ1) is 19.3. The van der Waals surface area contributed by atoms with Gasteiger partial charge in [-0.05, 0) is 48.9 Å². The minimum absolute atomic E-state index is 0.00247. The van der Waals surface area contributed by atoms with Gasteiger partial charge in [-0.3, -0.25) is 0 Å². The molecular weight excluding hydrogens is 364 g/mol. The van der Waals surface area contributed by atoms with Crippen LogP contribution in [0.4, 0.5) is 0 Å². The Labute approximate surface area is 171 Å². The summed E-state index contributed by atoms with van der Waals surface area (Å²) in [6.45, 7) is 0.524. The number of methoxy groups -OCH3 is 1. The fourth-order valence-corrected chi connectivity index (χ4v) is 3.98. The molecule has 2 aromatic rings. The second-order valence-corrected chi connectivity index (χ2v) is 7.58. The van der Waals surface area contributed by atoms with Crippen molar-refractivity contribution in [2.24, 2.45) is 4.99 Å². The van der Waals surface area contributed by atoms with Gasteiger partial charge in [0.15, 0.2) is 17.4 Å². The number of nitrogens with zero attached hydrogens (tertiary/aromatic N) is 2. The molecule has 0 unspecified atom stereocenters. The molecule has 2 aromatic carbocycles. The second kappa shape index (κ2) is 9.00. The molecule has 2 aliphatic rings. The molecule has 1 fully saturated rings. The minimum Gasteiger partial charge on any atom is -0.493 e. The highest BCUT2D eigenvalue weighted by atomic mass is 16.5. The van der Waals surface area contributed by atoms with Crippen LogP contribution < -0.4 is 9.47 Å². The molecule has 0 amide bonds. The molecular formula is C24H26N2O3. The lowest BCUT2D eigenvalue weighted by Gasteiger charge is -2.18. The second-order valence-electron chi connectivity index (χ2n) is 7.58. The van der Waals surface area contributed by atoms with E-state index in [0.717, 1.165) is 24.0 Å². The topological polar surface area (TPSA) is 63.8 Å². The molecule has 5 heteroatoms. The van der Waals surface area contributed by atoms with Gasteiger partial charge in [-0.25, -0.2) is 4.99 Å². The van der Waals surface area contributed by atoms with Gasteiger partial charge in [-0.15, -0.1) is 0 Å². The van der Waals surface area contributed by atoms with Crippen LogP contribution in [0.2, 0.25) is 0 Å². The van der Waals surface area contributed by atoms with Gasteiger partial charge in [0.25, 0.3) is 0 Å². The molecule has 1 saturated carbocycles. The summed E-state index contributed by atoms with van der Waals surface area (Å²) in [5, 5.41) is 9.79. The van der Waals surface area contributed by atoms with Crippen LogP contribution in [-0.2, 0) is 4.74 Å². The Morgan fingerprint density at radius 3 is 2.66 bits per heavy atom. The highest BCUT2D eigenvalue weighted by Gasteiger charge is 2.25. The zero-order chi connectivity index (χ0) is 20.1. The lowest BCUT2D eigenvalue weighted by atomic mass is 9.96. The number of rotatable bonds is 7. The molecule has 2 atom stereocenters. The van der Waals surface area contributed by atoms with Crippen LogP contribution in [0.15, 0.2) is 53.5 Å². The maximum Gasteiger partial charge on any atom is 0.185 e. The van der Waals surface area contributed by atoms with E-state index in [1.54, 1.807) is 7.11 Å². The average Bonchev–Trinajstić information content (AvgIpc) is 3.45. The van der Waals surface area contributed by atoms with E-state index in [0.29, 0.717) is 30.4 Å². The molecule has 1 aliphatic carbocycles. The van der Waals surface area contributed by atoms with Gasteiger partial charge in [-0.2, -0.15) is 5.26 Å². The molecule has 0 spiro atoms. The first-order valence-corrected chi connectivity index (χ1v) is 10.3. The summed E-state index contributed by atoms with van der Waals surface area (Å²) in [5.41, 5.74) is 2.03. The van der Waals surface area contributed by atoms with Crippen LogP contribution in [0.3, 0.4) is 0 Å². The van der Waals surface area contributed by atoms with Crippen LogP contribution in [0.1, 0.15) is 55.2 Å². The Balaban J connectivity index is 1.49. The normalized spacial score (nSPS) is 19.9. The maximum atomic E-state index is 9.79. The summed E-state index contributed by atoms with van der Waals surface area (Å²) < 4.78 is 17.4. The number of benzene rings is 2. The van der Waals surface area contributed by atoms with E-state index in [2.05, 4.69) is 18.2 Å². The first-order valence-electron chi connectivity index (χ1n) is 10.3. The van der Waals surface area contributed by atoms with Crippen LogP contribution in [0.5, 0.6) is 11.5 Å². The molecule has 1 aliphatic heterocycles. The van der Waals surface area contributed by atoms with Crippen molar-refractivity contribution in [2.45, 2.75) is 50.2 Å². The minimum atomic E-state index is -0.347. The Hall–Kier alpha value is -3.00. The lowest BCUT2D eigenvalue weighted by molar-refractivity contribution is 0.200. The zero-order valence-corrected chi connectivity index (χ0v) is 16.7. The highest BCUT2D eigenvalue weighted by Crippen LogP contribution is 2.35. The molecule has 0 saturated heterocycles. The van der Waals surface area contributed by atoms with Crippen molar-refractivity contribution in [3.05, 3.63) is 59.7 Å². The van der Waals surface area contributed by atoms with Crippen molar-refractivity contribution < 1.29 is 14.2 Å².